The van der Waals surface area contributed by atoms with E-state index in [0.717, 1.165) is 17.1 Å². The minimum absolute atomic E-state index is 0.187. The van der Waals surface area contributed by atoms with Crippen LogP contribution in [0.25, 0.3) is 0 Å². The molecule has 6 heteroatoms. The summed E-state index contributed by atoms with van der Waals surface area (Å²) < 4.78 is 5.52. The van der Waals surface area contributed by atoms with Crippen LogP contribution in [0.5, 0.6) is 0 Å². The maximum Gasteiger partial charge on any atom is 0.273 e. The van der Waals surface area contributed by atoms with Crippen molar-refractivity contribution in [3.8, 4) is 0 Å². The first-order valence-corrected chi connectivity index (χ1v) is 9.10. The number of nitrogens with one attached hydrogen (secondary N) is 1. The molecule has 1 amide bonds. The zero-order valence-corrected chi connectivity index (χ0v) is 15.4. The highest BCUT2D eigenvalue weighted by atomic mass is 35.5. The summed E-state index contributed by atoms with van der Waals surface area (Å²) in [4.78, 5) is 18.7. The fourth-order valence-corrected chi connectivity index (χ4v) is 2.84. The number of hydrogen-bond donors (Lipinski definition) is 1. The van der Waals surface area contributed by atoms with E-state index in [4.69, 9.17) is 16.0 Å². The van der Waals surface area contributed by atoms with Crippen molar-refractivity contribution < 1.29 is 9.21 Å². The first-order valence-electron chi connectivity index (χ1n) is 8.73. The third-order valence-corrected chi connectivity index (χ3v) is 4.56. The summed E-state index contributed by atoms with van der Waals surface area (Å²) in [6.07, 6.45) is 3.78. The molecule has 1 aliphatic carbocycles. The van der Waals surface area contributed by atoms with E-state index in [1.165, 1.54) is 19.1 Å². The molecule has 1 aliphatic rings. The predicted octanol–water partition coefficient (Wildman–Crippen LogP) is 3.88. The molecule has 2 aromatic rings. The average molecular weight is 362 g/mol. The molecular formula is C19H24ClN3O2. The number of halogens is 1. The average Bonchev–Trinajstić information content (AvgIpc) is 3.33. The first-order chi connectivity index (χ1) is 12.0. The van der Waals surface area contributed by atoms with Crippen LogP contribution in [0.4, 0.5) is 0 Å². The van der Waals surface area contributed by atoms with Crippen LogP contribution in [0, 0.1) is 5.92 Å². The number of amides is 1. The second-order valence-electron chi connectivity index (χ2n) is 6.96. The molecule has 25 heavy (non-hydrogen) atoms. The molecule has 3 rings (SSSR count). The number of benzene rings is 1. The summed E-state index contributed by atoms with van der Waals surface area (Å²) in [7, 11) is 0. The maximum atomic E-state index is 12.1. The summed E-state index contributed by atoms with van der Waals surface area (Å²) in [6.45, 7) is 6.06. The maximum absolute atomic E-state index is 12.1. The second-order valence-corrected chi connectivity index (χ2v) is 7.37. The summed E-state index contributed by atoms with van der Waals surface area (Å²) in [6, 6.07) is 8.40. The second kappa shape index (κ2) is 8.02. The highest BCUT2D eigenvalue weighted by Crippen LogP contribution is 2.31. The molecule has 0 bridgehead atoms. The summed E-state index contributed by atoms with van der Waals surface area (Å²) in [5.41, 5.74) is 1.43. The van der Waals surface area contributed by atoms with E-state index in [1.807, 2.05) is 24.3 Å². The Balaban J connectivity index is 1.63. The van der Waals surface area contributed by atoms with Crippen LogP contribution in [-0.4, -0.2) is 28.4 Å². The fraction of sp³-hybridized carbons (Fsp3) is 0.474. The largest absolute Gasteiger partial charge is 0.447 e. The lowest BCUT2D eigenvalue weighted by Gasteiger charge is -2.20. The molecule has 5 nitrogen and oxygen atoms in total. The van der Waals surface area contributed by atoms with Crippen molar-refractivity contribution >= 4 is 17.5 Å². The van der Waals surface area contributed by atoms with Crippen LogP contribution in [-0.2, 0) is 13.1 Å². The molecule has 0 atom stereocenters. The van der Waals surface area contributed by atoms with E-state index in [1.54, 1.807) is 0 Å². The van der Waals surface area contributed by atoms with Gasteiger partial charge < -0.3 is 9.73 Å². The minimum Gasteiger partial charge on any atom is -0.447 e. The topological polar surface area (TPSA) is 58.4 Å². The molecule has 0 saturated heterocycles. The van der Waals surface area contributed by atoms with Gasteiger partial charge in [0.2, 0.25) is 5.89 Å². The van der Waals surface area contributed by atoms with Crippen LogP contribution in [0.3, 0.4) is 0 Å². The van der Waals surface area contributed by atoms with E-state index < -0.39 is 0 Å². The van der Waals surface area contributed by atoms with E-state index in [2.05, 4.69) is 29.0 Å². The number of hydrogen-bond acceptors (Lipinski definition) is 4. The molecule has 1 saturated carbocycles. The Hall–Kier alpha value is -1.85. The van der Waals surface area contributed by atoms with E-state index in [0.29, 0.717) is 36.6 Å². The van der Waals surface area contributed by atoms with Crippen LogP contribution in [0.15, 0.2) is 34.9 Å². The SMILES string of the molecule is CC(C)CNC(=O)c1coc(CN(Cc2ccccc2Cl)C2CC2)n1. The van der Waals surface area contributed by atoms with Gasteiger partial charge in [-0.3, -0.25) is 9.69 Å². The monoisotopic (exact) mass is 361 g/mol. The van der Waals surface area contributed by atoms with Crippen molar-refractivity contribution in [2.75, 3.05) is 6.54 Å². The lowest BCUT2D eigenvalue weighted by atomic mass is 10.2. The highest BCUT2D eigenvalue weighted by molar-refractivity contribution is 6.31. The molecule has 134 valence electrons. The quantitative estimate of drug-likeness (QED) is 0.775. The number of rotatable bonds is 8. The number of oxazole rings is 1. The van der Waals surface area contributed by atoms with Gasteiger partial charge in [0.1, 0.15) is 6.26 Å². The molecular weight excluding hydrogens is 338 g/mol. The lowest BCUT2D eigenvalue weighted by molar-refractivity contribution is 0.0944. The Morgan fingerprint density at radius 3 is 2.80 bits per heavy atom. The summed E-state index contributed by atoms with van der Waals surface area (Å²) >= 11 is 6.28. The van der Waals surface area contributed by atoms with Gasteiger partial charge in [-0.05, 0) is 30.4 Å². The highest BCUT2D eigenvalue weighted by Gasteiger charge is 2.30. The first kappa shape index (κ1) is 18.0. The zero-order chi connectivity index (χ0) is 17.8. The lowest BCUT2D eigenvalue weighted by Crippen LogP contribution is -2.28. The number of carbonyl (C=O) groups is 1. The Bertz CT molecular complexity index is 725. The van der Waals surface area contributed by atoms with E-state index in [-0.39, 0.29) is 5.91 Å². The van der Waals surface area contributed by atoms with Crippen molar-refractivity contribution in [1.29, 1.82) is 0 Å². The van der Waals surface area contributed by atoms with Gasteiger partial charge in [0.25, 0.3) is 5.91 Å². The normalized spacial score (nSPS) is 14.3. The molecule has 1 heterocycles. The van der Waals surface area contributed by atoms with Crippen molar-refractivity contribution in [3.63, 3.8) is 0 Å². The third kappa shape index (κ3) is 5.06. The van der Waals surface area contributed by atoms with Crippen molar-refractivity contribution in [3.05, 3.63) is 52.7 Å². The van der Waals surface area contributed by atoms with Crippen LogP contribution in [0.2, 0.25) is 5.02 Å². The minimum atomic E-state index is -0.187. The van der Waals surface area contributed by atoms with Gasteiger partial charge in [-0.25, -0.2) is 4.98 Å². The van der Waals surface area contributed by atoms with Gasteiger partial charge in [-0.15, -0.1) is 0 Å². The number of carbonyl (C=O) groups excluding carboxylic acids is 1. The third-order valence-electron chi connectivity index (χ3n) is 4.19. The van der Waals surface area contributed by atoms with Crippen LogP contribution in [0.1, 0.15) is 48.6 Å². The van der Waals surface area contributed by atoms with Crippen LogP contribution >= 0.6 is 11.6 Å². The number of nitrogens with zero attached hydrogens (tertiary/aromatic N) is 2. The molecule has 0 unspecified atom stereocenters. The smallest absolute Gasteiger partial charge is 0.273 e. The van der Waals surface area contributed by atoms with Crippen molar-refractivity contribution in [2.24, 2.45) is 5.92 Å². The Morgan fingerprint density at radius 2 is 2.12 bits per heavy atom. The Morgan fingerprint density at radius 1 is 1.36 bits per heavy atom. The molecule has 1 fully saturated rings. The number of aromatic nitrogens is 1. The predicted molar refractivity (Wildman–Crippen MR) is 97.4 cm³/mol. The Labute approximate surface area is 153 Å². The van der Waals surface area contributed by atoms with Crippen molar-refractivity contribution in [2.45, 2.75) is 45.8 Å². The van der Waals surface area contributed by atoms with Gasteiger partial charge in [-0.1, -0.05) is 43.6 Å². The van der Waals surface area contributed by atoms with Crippen molar-refractivity contribution in [1.82, 2.24) is 15.2 Å². The molecule has 1 aromatic carbocycles. The molecule has 1 N–H and O–H groups in total. The fourth-order valence-electron chi connectivity index (χ4n) is 2.65. The molecule has 0 radical (unpaired) electrons. The van der Waals surface area contributed by atoms with E-state index >= 15 is 0 Å². The molecule has 0 spiro atoms. The Kier molecular flexibility index (Phi) is 5.76. The van der Waals surface area contributed by atoms with E-state index in [9.17, 15) is 4.79 Å². The van der Waals surface area contributed by atoms with Gasteiger partial charge in [0, 0.05) is 24.2 Å². The standard InChI is InChI=1S/C19H24ClN3O2/c1-13(2)9-21-19(24)17-12-25-18(22-17)11-23(15-7-8-15)10-14-5-3-4-6-16(14)20/h3-6,12-13,15H,7-11H2,1-2H3,(H,21,24). The van der Waals surface area contributed by atoms with Crippen LogP contribution < -0.4 is 5.32 Å². The van der Waals surface area contributed by atoms with Gasteiger partial charge in [0.15, 0.2) is 5.69 Å². The molecule has 0 aliphatic heterocycles. The van der Waals surface area contributed by atoms with Gasteiger partial charge in [-0.2, -0.15) is 0 Å². The summed E-state index contributed by atoms with van der Waals surface area (Å²) in [5.74, 6) is 0.776. The van der Waals surface area contributed by atoms with Gasteiger partial charge in [0.05, 0.1) is 6.54 Å². The molecule has 1 aromatic heterocycles. The van der Waals surface area contributed by atoms with Gasteiger partial charge >= 0.3 is 0 Å². The zero-order valence-electron chi connectivity index (χ0n) is 14.7. The summed E-state index contributed by atoms with van der Waals surface area (Å²) in [5, 5.41) is 3.63.